The van der Waals surface area contributed by atoms with E-state index < -0.39 is 0 Å². The summed E-state index contributed by atoms with van der Waals surface area (Å²) >= 11 is 0. The molecule has 2 saturated carbocycles. The minimum atomic E-state index is 0.531. The molecule has 2 rings (SSSR count). The highest BCUT2D eigenvalue weighted by molar-refractivity contribution is 4.99. The highest BCUT2D eigenvalue weighted by atomic mass is 14.5. The molecule has 0 aromatic heterocycles. The largest absolute Gasteiger partial charge is 0.0599 e. The van der Waals surface area contributed by atoms with Crippen molar-refractivity contribution in [2.45, 2.75) is 80.1 Å². The summed E-state index contributed by atoms with van der Waals surface area (Å²) in [6, 6.07) is 0. The monoisotopic (exact) mass is 236 g/mol. The van der Waals surface area contributed by atoms with Crippen molar-refractivity contribution >= 4 is 0 Å². The van der Waals surface area contributed by atoms with Gasteiger partial charge < -0.3 is 0 Å². The van der Waals surface area contributed by atoms with E-state index in [1.54, 1.807) is 0 Å². The summed E-state index contributed by atoms with van der Waals surface area (Å²) in [6.45, 7) is 14.6. The zero-order chi connectivity index (χ0) is 12.9. The number of hydrogen-bond donors (Lipinski definition) is 0. The Balaban J connectivity index is 2.01. The second-order valence-electron chi connectivity index (χ2n) is 9.11. The first-order chi connectivity index (χ1) is 7.62. The lowest BCUT2D eigenvalue weighted by atomic mass is 9.73. The van der Waals surface area contributed by atoms with E-state index in [1.807, 2.05) is 0 Å². The molecular formula is C17H32. The Kier molecular flexibility index (Phi) is 3.16. The van der Waals surface area contributed by atoms with E-state index in [-0.39, 0.29) is 0 Å². The van der Waals surface area contributed by atoms with Crippen molar-refractivity contribution < 1.29 is 0 Å². The van der Waals surface area contributed by atoms with E-state index in [1.165, 1.54) is 38.5 Å². The van der Waals surface area contributed by atoms with E-state index in [4.69, 9.17) is 0 Å². The van der Waals surface area contributed by atoms with Crippen LogP contribution in [0.4, 0.5) is 0 Å². The molecule has 2 atom stereocenters. The number of hydrogen-bond acceptors (Lipinski definition) is 0. The Bertz CT molecular complexity index is 243. The van der Waals surface area contributed by atoms with Crippen molar-refractivity contribution in [3.05, 3.63) is 0 Å². The fourth-order valence-corrected chi connectivity index (χ4v) is 4.31. The van der Waals surface area contributed by atoms with Crippen LogP contribution in [-0.2, 0) is 0 Å². The van der Waals surface area contributed by atoms with Crippen LogP contribution in [0.5, 0.6) is 0 Å². The molecule has 0 aromatic carbocycles. The third-order valence-electron chi connectivity index (χ3n) is 5.85. The van der Waals surface area contributed by atoms with Crippen LogP contribution in [0.3, 0.4) is 0 Å². The molecule has 0 amide bonds. The fourth-order valence-electron chi connectivity index (χ4n) is 4.31. The van der Waals surface area contributed by atoms with Gasteiger partial charge in [0.2, 0.25) is 0 Å². The summed E-state index contributed by atoms with van der Waals surface area (Å²) in [6.07, 6.45) is 9.04. The van der Waals surface area contributed by atoms with Gasteiger partial charge in [0.25, 0.3) is 0 Å². The highest BCUT2D eigenvalue weighted by Gasteiger charge is 2.48. The third kappa shape index (κ3) is 2.71. The van der Waals surface area contributed by atoms with Gasteiger partial charge in [-0.2, -0.15) is 0 Å². The minimum Gasteiger partial charge on any atom is -0.0599 e. The lowest BCUT2D eigenvalue weighted by Gasteiger charge is -2.32. The smallest absolute Gasteiger partial charge is 0.0292 e. The van der Waals surface area contributed by atoms with Crippen LogP contribution in [0.15, 0.2) is 0 Å². The molecule has 100 valence electrons. The maximum atomic E-state index is 2.44. The van der Waals surface area contributed by atoms with Gasteiger partial charge >= 0.3 is 0 Å². The summed E-state index contributed by atoms with van der Waals surface area (Å²) in [4.78, 5) is 0. The Hall–Kier alpha value is 0. The lowest BCUT2D eigenvalue weighted by Crippen LogP contribution is -2.22. The number of rotatable bonds is 0. The van der Waals surface area contributed by atoms with Crippen LogP contribution in [0.1, 0.15) is 80.1 Å². The molecular weight excluding hydrogens is 204 g/mol. The third-order valence-corrected chi connectivity index (χ3v) is 5.85. The maximum Gasteiger partial charge on any atom is -0.0292 e. The zero-order valence-corrected chi connectivity index (χ0v) is 12.9. The summed E-state index contributed by atoms with van der Waals surface area (Å²) in [7, 11) is 0. The summed E-state index contributed by atoms with van der Waals surface area (Å²) in [5.74, 6) is 1.95. The first kappa shape index (κ1) is 13.4. The molecule has 0 aromatic rings. The predicted octanol–water partition coefficient (Wildman–Crippen LogP) is 5.67. The van der Waals surface area contributed by atoms with E-state index in [2.05, 4.69) is 41.5 Å². The summed E-state index contributed by atoms with van der Waals surface area (Å²) in [5.41, 5.74) is 1.81. The first-order valence-electron chi connectivity index (χ1n) is 7.62. The van der Waals surface area contributed by atoms with Crippen LogP contribution in [0, 0.1) is 28.1 Å². The van der Waals surface area contributed by atoms with Gasteiger partial charge in [0.05, 0.1) is 0 Å². The molecule has 0 saturated heterocycles. The van der Waals surface area contributed by atoms with Crippen LogP contribution in [-0.4, -0.2) is 0 Å². The average molecular weight is 236 g/mol. The zero-order valence-electron chi connectivity index (χ0n) is 12.9. The quantitative estimate of drug-likeness (QED) is 0.508. The molecule has 1 spiro atoms. The molecule has 0 bridgehead atoms. The van der Waals surface area contributed by atoms with E-state index in [0.717, 1.165) is 17.3 Å². The van der Waals surface area contributed by atoms with Crippen molar-refractivity contribution in [2.75, 3.05) is 0 Å². The first-order valence-corrected chi connectivity index (χ1v) is 7.62. The Morgan fingerprint density at radius 1 is 0.706 bits per heavy atom. The Labute approximate surface area is 109 Å². The van der Waals surface area contributed by atoms with Gasteiger partial charge in [0.1, 0.15) is 0 Å². The second-order valence-corrected chi connectivity index (χ2v) is 9.11. The van der Waals surface area contributed by atoms with Crippen LogP contribution < -0.4 is 0 Å². The van der Waals surface area contributed by atoms with E-state index >= 15 is 0 Å². The Morgan fingerprint density at radius 3 is 1.29 bits per heavy atom. The van der Waals surface area contributed by atoms with Gasteiger partial charge in [-0.05, 0) is 66.6 Å². The van der Waals surface area contributed by atoms with Gasteiger partial charge in [-0.1, -0.05) is 41.5 Å². The summed E-state index contributed by atoms with van der Waals surface area (Å²) in [5, 5.41) is 0. The van der Waals surface area contributed by atoms with Crippen molar-refractivity contribution in [1.29, 1.82) is 0 Å². The van der Waals surface area contributed by atoms with Crippen molar-refractivity contribution in [2.24, 2.45) is 28.1 Å². The van der Waals surface area contributed by atoms with Crippen molar-refractivity contribution in [1.82, 2.24) is 0 Å². The standard InChI is InChI=1S/C17H32/c1-15(2,3)13-7-9-17(11-13)10-8-14(12-17)16(4,5)6/h13-14H,7-12H2,1-6H3. The maximum absolute atomic E-state index is 2.44. The Morgan fingerprint density at radius 2 is 1.06 bits per heavy atom. The van der Waals surface area contributed by atoms with E-state index in [9.17, 15) is 0 Å². The topological polar surface area (TPSA) is 0 Å². The van der Waals surface area contributed by atoms with Crippen LogP contribution in [0.2, 0.25) is 0 Å². The van der Waals surface area contributed by atoms with Gasteiger partial charge in [-0.3, -0.25) is 0 Å². The molecule has 0 radical (unpaired) electrons. The van der Waals surface area contributed by atoms with Crippen molar-refractivity contribution in [3.8, 4) is 0 Å². The molecule has 17 heavy (non-hydrogen) atoms. The van der Waals surface area contributed by atoms with E-state index in [0.29, 0.717) is 10.8 Å². The predicted molar refractivity (Wildman–Crippen MR) is 76.0 cm³/mol. The fraction of sp³-hybridized carbons (Fsp3) is 1.00. The summed E-state index contributed by atoms with van der Waals surface area (Å²) < 4.78 is 0. The molecule has 2 fully saturated rings. The van der Waals surface area contributed by atoms with Gasteiger partial charge in [0.15, 0.2) is 0 Å². The van der Waals surface area contributed by atoms with Gasteiger partial charge in [-0.15, -0.1) is 0 Å². The van der Waals surface area contributed by atoms with Crippen LogP contribution in [0.25, 0.3) is 0 Å². The van der Waals surface area contributed by atoms with Crippen LogP contribution >= 0.6 is 0 Å². The SMILES string of the molecule is CC(C)(C)C1CCC2(CCC(C(C)(C)C)C2)C1. The average Bonchev–Trinajstić information content (AvgIpc) is 2.72. The molecule has 2 aliphatic rings. The molecule has 2 unspecified atom stereocenters. The minimum absolute atomic E-state index is 0.531. The molecule has 2 aliphatic carbocycles. The molecule has 0 N–H and O–H groups in total. The van der Waals surface area contributed by atoms with Gasteiger partial charge in [-0.25, -0.2) is 0 Å². The molecule has 0 heteroatoms. The molecule has 0 heterocycles. The van der Waals surface area contributed by atoms with Gasteiger partial charge in [0, 0.05) is 0 Å². The second kappa shape index (κ2) is 4.00. The highest BCUT2D eigenvalue weighted by Crippen LogP contribution is 2.60. The van der Waals surface area contributed by atoms with Crippen molar-refractivity contribution in [3.63, 3.8) is 0 Å². The molecule has 0 aliphatic heterocycles. The molecule has 0 nitrogen and oxygen atoms in total. The lowest BCUT2D eigenvalue weighted by molar-refractivity contribution is 0.183. The normalized spacial score (nSPS) is 39.2.